The maximum absolute atomic E-state index is 12.8. The SMILES string of the molecule is O=C1c2ccccc2-c2c(N3CCCC3)[nH]c3cccc1c23. The van der Waals surface area contributed by atoms with Crippen LogP contribution in [0.25, 0.3) is 22.0 Å². The van der Waals surface area contributed by atoms with Crippen LogP contribution in [0.5, 0.6) is 0 Å². The number of ketones is 1. The number of carbonyl (C=O) groups excluding carboxylic acids is 1. The summed E-state index contributed by atoms with van der Waals surface area (Å²) in [6.45, 7) is 2.18. The Kier molecular flexibility index (Phi) is 2.31. The second kappa shape index (κ2) is 4.23. The maximum atomic E-state index is 12.8. The monoisotopic (exact) mass is 288 g/mol. The molecule has 1 aliphatic heterocycles. The lowest BCUT2D eigenvalue weighted by Gasteiger charge is -2.21. The van der Waals surface area contributed by atoms with Gasteiger partial charge in [0.15, 0.2) is 5.78 Å². The molecule has 0 atom stereocenters. The van der Waals surface area contributed by atoms with E-state index in [1.165, 1.54) is 24.2 Å². The minimum atomic E-state index is 0.140. The van der Waals surface area contributed by atoms with Gasteiger partial charge in [-0.3, -0.25) is 4.79 Å². The van der Waals surface area contributed by atoms with Crippen LogP contribution in [0, 0.1) is 0 Å². The Morgan fingerprint density at radius 1 is 0.864 bits per heavy atom. The van der Waals surface area contributed by atoms with Gasteiger partial charge >= 0.3 is 0 Å². The van der Waals surface area contributed by atoms with E-state index in [-0.39, 0.29) is 5.78 Å². The zero-order chi connectivity index (χ0) is 14.7. The normalized spacial score (nSPS) is 16.4. The molecular weight excluding hydrogens is 272 g/mol. The van der Waals surface area contributed by atoms with Gasteiger partial charge in [0.2, 0.25) is 0 Å². The first-order valence-electron chi connectivity index (χ1n) is 7.88. The number of nitrogens with zero attached hydrogens (tertiary/aromatic N) is 1. The molecule has 1 aliphatic carbocycles. The molecule has 0 saturated carbocycles. The molecule has 3 heteroatoms. The van der Waals surface area contributed by atoms with Crippen molar-refractivity contribution in [2.75, 3.05) is 18.0 Å². The number of anilines is 1. The fraction of sp³-hybridized carbons (Fsp3) is 0.211. The van der Waals surface area contributed by atoms with E-state index in [2.05, 4.69) is 22.0 Å². The number of benzene rings is 2. The molecule has 3 aromatic rings. The van der Waals surface area contributed by atoms with Gasteiger partial charge in [-0.15, -0.1) is 0 Å². The van der Waals surface area contributed by atoms with Gasteiger partial charge in [0.1, 0.15) is 5.82 Å². The number of hydrogen-bond acceptors (Lipinski definition) is 2. The molecule has 0 unspecified atom stereocenters. The van der Waals surface area contributed by atoms with E-state index >= 15 is 0 Å². The summed E-state index contributed by atoms with van der Waals surface area (Å²) in [5.74, 6) is 1.32. The fourth-order valence-electron chi connectivity index (χ4n) is 3.91. The van der Waals surface area contributed by atoms with Crippen LogP contribution in [0.3, 0.4) is 0 Å². The van der Waals surface area contributed by atoms with Crippen LogP contribution in [-0.4, -0.2) is 23.9 Å². The van der Waals surface area contributed by atoms with Crippen molar-refractivity contribution in [1.82, 2.24) is 4.98 Å². The number of fused-ring (bicyclic) bond motifs is 2. The highest BCUT2D eigenvalue weighted by atomic mass is 16.1. The Balaban J connectivity index is 1.92. The number of carbonyl (C=O) groups is 1. The minimum Gasteiger partial charge on any atom is -0.358 e. The van der Waals surface area contributed by atoms with E-state index in [0.29, 0.717) is 0 Å². The van der Waals surface area contributed by atoms with E-state index in [1.807, 2.05) is 30.3 Å². The zero-order valence-electron chi connectivity index (χ0n) is 12.2. The third-order valence-corrected chi connectivity index (χ3v) is 4.91. The lowest BCUT2D eigenvalue weighted by molar-refractivity contribution is 0.104. The standard InChI is InChI=1S/C19H16N2O/c22-18-13-7-2-1-6-12(13)17-16-14(18)8-5-9-15(16)20-19(17)21-10-3-4-11-21/h1-2,5-9,20H,3-4,10-11H2. The Labute approximate surface area is 128 Å². The summed E-state index contributed by atoms with van der Waals surface area (Å²) in [4.78, 5) is 18.8. The van der Waals surface area contributed by atoms with E-state index in [0.717, 1.165) is 40.7 Å². The number of rotatable bonds is 1. The van der Waals surface area contributed by atoms with Gasteiger partial charge in [-0.25, -0.2) is 0 Å². The summed E-state index contributed by atoms with van der Waals surface area (Å²) in [5, 5.41) is 1.09. The average molecular weight is 288 g/mol. The molecule has 2 aromatic carbocycles. The second-order valence-electron chi connectivity index (χ2n) is 6.15. The Bertz CT molecular complexity index is 916. The third kappa shape index (κ3) is 1.43. The first kappa shape index (κ1) is 12.0. The largest absolute Gasteiger partial charge is 0.358 e. The molecule has 1 N–H and O–H groups in total. The Morgan fingerprint density at radius 2 is 1.59 bits per heavy atom. The average Bonchev–Trinajstić information content (AvgIpc) is 3.20. The van der Waals surface area contributed by atoms with Crippen molar-refractivity contribution in [3.8, 4) is 11.1 Å². The van der Waals surface area contributed by atoms with Crippen LogP contribution in [0.1, 0.15) is 28.8 Å². The predicted octanol–water partition coefficient (Wildman–Crippen LogP) is 3.98. The molecule has 1 fully saturated rings. The van der Waals surface area contributed by atoms with Gasteiger partial charge in [-0.2, -0.15) is 0 Å². The van der Waals surface area contributed by atoms with E-state index in [1.54, 1.807) is 0 Å². The highest BCUT2D eigenvalue weighted by Crippen LogP contribution is 2.45. The predicted molar refractivity (Wildman–Crippen MR) is 88.6 cm³/mol. The van der Waals surface area contributed by atoms with Gasteiger partial charge in [-0.05, 0) is 24.5 Å². The summed E-state index contributed by atoms with van der Waals surface area (Å²) in [7, 11) is 0. The summed E-state index contributed by atoms with van der Waals surface area (Å²) >= 11 is 0. The Morgan fingerprint density at radius 3 is 2.41 bits per heavy atom. The summed E-state index contributed by atoms with van der Waals surface area (Å²) < 4.78 is 0. The number of nitrogens with one attached hydrogen (secondary N) is 1. The first-order valence-corrected chi connectivity index (χ1v) is 7.88. The van der Waals surface area contributed by atoms with Crippen molar-refractivity contribution in [3.05, 3.63) is 53.6 Å². The molecule has 2 heterocycles. The van der Waals surface area contributed by atoms with Crippen molar-refractivity contribution in [3.63, 3.8) is 0 Å². The van der Waals surface area contributed by atoms with E-state index in [9.17, 15) is 4.79 Å². The molecular formula is C19H16N2O. The first-order chi connectivity index (χ1) is 10.8. The van der Waals surface area contributed by atoms with Crippen molar-refractivity contribution in [1.29, 1.82) is 0 Å². The summed E-state index contributed by atoms with van der Waals surface area (Å²) in [5.41, 5.74) is 5.00. The van der Waals surface area contributed by atoms with Crippen LogP contribution in [0.4, 0.5) is 5.82 Å². The van der Waals surface area contributed by atoms with Crippen LogP contribution >= 0.6 is 0 Å². The lowest BCUT2D eigenvalue weighted by Crippen LogP contribution is -2.19. The van der Waals surface area contributed by atoms with Crippen LogP contribution in [-0.2, 0) is 0 Å². The number of aromatic nitrogens is 1. The van der Waals surface area contributed by atoms with Crippen molar-refractivity contribution in [2.45, 2.75) is 12.8 Å². The second-order valence-corrected chi connectivity index (χ2v) is 6.15. The van der Waals surface area contributed by atoms with Crippen LogP contribution in [0.15, 0.2) is 42.5 Å². The van der Waals surface area contributed by atoms with Crippen LogP contribution < -0.4 is 4.90 Å². The molecule has 3 nitrogen and oxygen atoms in total. The molecule has 0 bridgehead atoms. The zero-order valence-corrected chi connectivity index (χ0v) is 12.2. The van der Waals surface area contributed by atoms with Crippen molar-refractivity contribution < 1.29 is 4.79 Å². The fourth-order valence-corrected chi connectivity index (χ4v) is 3.91. The number of H-pyrrole nitrogens is 1. The van der Waals surface area contributed by atoms with Gasteiger partial charge in [0.05, 0.1) is 0 Å². The molecule has 1 aromatic heterocycles. The van der Waals surface area contributed by atoms with Gasteiger partial charge < -0.3 is 9.88 Å². The van der Waals surface area contributed by atoms with Crippen LogP contribution in [0.2, 0.25) is 0 Å². The Hall–Kier alpha value is -2.55. The highest BCUT2D eigenvalue weighted by molar-refractivity contribution is 6.27. The van der Waals surface area contributed by atoms with E-state index < -0.39 is 0 Å². The summed E-state index contributed by atoms with van der Waals surface area (Å²) in [6.07, 6.45) is 2.48. The molecule has 2 aliphatic rings. The third-order valence-electron chi connectivity index (χ3n) is 4.91. The molecule has 22 heavy (non-hydrogen) atoms. The smallest absolute Gasteiger partial charge is 0.194 e. The lowest BCUT2D eigenvalue weighted by atomic mass is 9.85. The van der Waals surface area contributed by atoms with Crippen molar-refractivity contribution >= 4 is 22.5 Å². The quantitative estimate of drug-likeness (QED) is 0.575. The molecule has 108 valence electrons. The molecule has 1 saturated heterocycles. The summed E-state index contributed by atoms with van der Waals surface area (Å²) in [6, 6.07) is 14.0. The number of aromatic amines is 1. The molecule has 0 spiro atoms. The molecule has 5 rings (SSSR count). The minimum absolute atomic E-state index is 0.140. The number of hydrogen-bond donors (Lipinski definition) is 1. The highest BCUT2D eigenvalue weighted by Gasteiger charge is 2.30. The topological polar surface area (TPSA) is 36.1 Å². The molecule has 0 radical (unpaired) electrons. The van der Waals surface area contributed by atoms with Gasteiger partial charge in [0, 0.05) is 40.7 Å². The van der Waals surface area contributed by atoms with E-state index in [4.69, 9.17) is 0 Å². The molecule has 0 amide bonds. The van der Waals surface area contributed by atoms with Gasteiger partial charge in [-0.1, -0.05) is 36.4 Å². The maximum Gasteiger partial charge on any atom is 0.194 e. The van der Waals surface area contributed by atoms with Crippen molar-refractivity contribution in [2.24, 2.45) is 0 Å². The van der Waals surface area contributed by atoms with Gasteiger partial charge in [0.25, 0.3) is 0 Å².